The van der Waals surface area contributed by atoms with Gasteiger partial charge in [-0.3, -0.25) is 4.79 Å². The third-order valence-electron chi connectivity index (χ3n) is 3.59. The van der Waals surface area contributed by atoms with Gasteiger partial charge in [-0.05, 0) is 31.0 Å². The number of rotatable bonds is 5. The molecule has 0 radical (unpaired) electrons. The smallest absolute Gasteiger partial charge is 0.241 e. The number of amides is 1. The fourth-order valence-corrected chi connectivity index (χ4v) is 3.78. The van der Waals surface area contributed by atoms with Crippen LogP contribution in [0.5, 0.6) is 0 Å². The van der Waals surface area contributed by atoms with Crippen molar-refractivity contribution < 1.29 is 13.2 Å². The number of benzene rings is 1. The van der Waals surface area contributed by atoms with Crippen molar-refractivity contribution in [3.8, 4) is 0 Å². The van der Waals surface area contributed by atoms with Crippen LogP contribution in [0.3, 0.4) is 0 Å². The molecule has 2 N–H and O–H groups in total. The van der Waals surface area contributed by atoms with Gasteiger partial charge in [0.25, 0.3) is 0 Å². The van der Waals surface area contributed by atoms with Crippen LogP contribution in [0.15, 0.2) is 23.1 Å². The van der Waals surface area contributed by atoms with E-state index in [0.29, 0.717) is 0 Å². The number of sulfonamides is 1. The highest BCUT2D eigenvalue weighted by Crippen LogP contribution is 2.24. The number of hydrogen-bond acceptors (Lipinski definition) is 3. The van der Waals surface area contributed by atoms with E-state index in [0.717, 1.165) is 25.7 Å². The molecule has 1 aliphatic carbocycles. The Hall–Kier alpha value is -0.820. The first-order valence-electron chi connectivity index (χ1n) is 7.12. The molecule has 1 aromatic rings. The molecule has 1 aromatic carbocycles. The molecule has 0 bridgehead atoms. The van der Waals surface area contributed by atoms with E-state index >= 15 is 0 Å². The van der Waals surface area contributed by atoms with Crippen molar-refractivity contribution in [3.05, 3.63) is 28.2 Å². The number of carbonyl (C=O) groups excluding carboxylic acids is 1. The minimum Gasteiger partial charge on any atom is -0.352 e. The number of carbonyl (C=O) groups is 1. The minimum absolute atomic E-state index is 0.0210. The molecule has 0 heterocycles. The first-order valence-corrected chi connectivity index (χ1v) is 9.36. The van der Waals surface area contributed by atoms with Gasteiger partial charge in [0.15, 0.2) is 0 Å². The first-order chi connectivity index (χ1) is 10.4. The third-order valence-corrected chi connectivity index (χ3v) is 5.73. The van der Waals surface area contributed by atoms with Crippen molar-refractivity contribution in [2.24, 2.45) is 0 Å². The van der Waals surface area contributed by atoms with Gasteiger partial charge >= 0.3 is 0 Å². The molecule has 22 heavy (non-hydrogen) atoms. The molecule has 1 fully saturated rings. The standard InChI is InChI=1S/C14H18Cl2N2O3S/c15-12-7-6-11(8-13(12)16)22(20,21)17-9-14(19)18-10-4-2-1-3-5-10/h6-8,10,17H,1-5,9H2,(H,18,19). The summed E-state index contributed by atoms with van der Waals surface area (Å²) in [5.41, 5.74) is 0. The van der Waals surface area contributed by atoms with Crippen LogP contribution >= 0.6 is 23.2 Å². The van der Waals surface area contributed by atoms with Crippen LogP contribution in [0.4, 0.5) is 0 Å². The highest BCUT2D eigenvalue weighted by molar-refractivity contribution is 7.89. The van der Waals surface area contributed by atoms with E-state index in [4.69, 9.17) is 23.2 Å². The van der Waals surface area contributed by atoms with Crippen LogP contribution in [-0.4, -0.2) is 26.9 Å². The fourth-order valence-electron chi connectivity index (χ4n) is 2.41. The summed E-state index contributed by atoms with van der Waals surface area (Å²) >= 11 is 11.6. The lowest BCUT2D eigenvalue weighted by atomic mass is 9.95. The molecular weight excluding hydrogens is 347 g/mol. The normalized spacial score (nSPS) is 16.5. The summed E-state index contributed by atoms with van der Waals surface area (Å²) < 4.78 is 26.5. The summed E-state index contributed by atoms with van der Waals surface area (Å²) in [6, 6.07) is 4.15. The van der Waals surface area contributed by atoms with E-state index in [1.54, 1.807) is 0 Å². The van der Waals surface area contributed by atoms with Crippen LogP contribution < -0.4 is 10.0 Å². The zero-order valence-electron chi connectivity index (χ0n) is 11.9. The van der Waals surface area contributed by atoms with Gasteiger partial charge in [0, 0.05) is 6.04 Å². The summed E-state index contributed by atoms with van der Waals surface area (Å²) in [5, 5.41) is 3.27. The molecule has 0 aliphatic heterocycles. The van der Waals surface area contributed by atoms with Crippen LogP contribution in [0, 0.1) is 0 Å². The summed E-state index contributed by atoms with van der Waals surface area (Å²) in [4.78, 5) is 11.8. The lowest BCUT2D eigenvalue weighted by molar-refractivity contribution is -0.120. The summed E-state index contributed by atoms with van der Waals surface area (Å²) in [6.45, 7) is -0.293. The monoisotopic (exact) mass is 364 g/mol. The van der Waals surface area contributed by atoms with Gasteiger partial charge in [0.2, 0.25) is 15.9 Å². The van der Waals surface area contributed by atoms with Crippen molar-refractivity contribution in [1.82, 2.24) is 10.0 Å². The lowest BCUT2D eigenvalue weighted by Gasteiger charge is -2.22. The summed E-state index contributed by atoms with van der Waals surface area (Å²) in [5.74, 6) is -0.324. The van der Waals surface area contributed by atoms with Crippen LogP contribution in [0.1, 0.15) is 32.1 Å². The van der Waals surface area contributed by atoms with E-state index in [-0.39, 0.29) is 33.4 Å². The Balaban J connectivity index is 1.91. The van der Waals surface area contributed by atoms with E-state index in [9.17, 15) is 13.2 Å². The van der Waals surface area contributed by atoms with E-state index < -0.39 is 10.0 Å². The van der Waals surface area contributed by atoms with Gasteiger partial charge in [-0.2, -0.15) is 0 Å². The van der Waals surface area contributed by atoms with E-state index in [1.165, 1.54) is 24.6 Å². The second kappa shape index (κ2) is 7.64. The Bertz CT molecular complexity index is 643. The molecule has 0 saturated heterocycles. The van der Waals surface area contributed by atoms with Gasteiger partial charge in [-0.1, -0.05) is 42.5 Å². The largest absolute Gasteiger partial charge is 0.352 e. The minimum atomic E-state index is -3.79. The molecule has 1 aliphatic rings. The molecule has 0 spiro atoms. The third kappa shape index (κ3) is 4.84. The molecule has 1 amide bonds. The topological polar surface area (TPSA) is 75.3 Å². The van der Waals surface area contributed by atoms with Crippen LogP contribution in [-0.2, 0) is 14.8 Å². The molecule has 1 saturated carbocycles. The average molecular weight is 365 g/mol. The molecule has 122 valence electrons. The van der Waals surface area contributed by atoms with Crippen molar-refractivity contribution in [2.45, 2.75) is 43.0 Å². The van der Waals surface area contributed by atoms with E-state index in [2.05, 4.69) is 10.0 Å². The van der Waals surface area contributed by atoms with Gasteiger partial charge in [0.1, 0.15) is 0 Å². The Morgan fingerprint density at radius 2 is 1.82 bits per heavy atom. The molecule has 8 heteroatoms. The highest BCUT2D eigenvalue weighted by atomic mass is 35.5. The second-order valence-corrected chi connectivity index (χ2v) is 7.88. The highest BCUT2D eigenvalue weighted by Gasteiger charge is 2.19. The van der Waals surface area contributed by atoms with Gasteiger partial charge in [-0.25, -0.2) is 13.1 Å². The summed E-state index contributed by atoms with van der Waals surface area (Å²) in [6.07, 6.45) is 5.28. The zero-order chi connectivity index (χ0) is 16.2. The first kappa shape index (κ1) is 17.5. The fraction of sp³-hybridized carbons (Fsp3) is 0.500. The lowest BCUT2D eigenvalue weighted by Crippen LogP contribution is -2.42. The van der Waals surface area contributed by atoms with Crippen molar-refractivity contribution in [3.63, 3.8) is 0 Å². The molecule has 0 aromatic heterocycles. The Labute approximate surface area is 140 Å². The van der Waals surface area contributed by atoms with Gasteiger partial charge in [-0.15, -0.1) is 0 Å². The SMILES string of the molecule is O=C(CNS(=O)(=O)c1ccc(Cl)c(Cl)c1)NC1CCCCC1. The second-order valence-electron chi connectivity index (χ2n) is 5.30. The maximum absolute atomic E-state index is 12.1. The molecular formula is C14H18Cl2N2O3S. The molecule has 5 nitrogen and oxygen atoms in total. The Morgan fingerprint density at radius 1 is 1.14 bits per heavy atom. The van der Waals surface area contributed by atoms with Crippen molar-refractivity contribution >= 4 is 39.1 Å². The van der Waals surface area contributed by atoms with Crippen molar-refractivity contribution in [2.75, 3.05) is 6.54 Å². The van der Waals surface area contributed by atoms with Gasteiger partial charge < -0.3 is 5.32 Å². The predicted molar refractivity (Wildman–Crippen MR) is 86.7 cm³/mol. The Morgan fingerprint density at radius 3 is 2.45 bits per heavy atom. The Kier molecular flexibility index (Phi) is 6.09. The van der Waals surface area contributed by atoms with Crippen molar-refractivity contribution in [1.29, 1.82) is 0 Å². The predicted octanol–water partition coefficient (Wildman–Crippen LogP) is 2.72. The molecule has 2 rings (SSSR count). The quantitative estimate of drug-likeness (QED) is 0.843. The van der Waals surface area contributed by atoms with Gasteiger partial charge in [0.05, 0.1) is 21.5 Å². The summed E-state index contributed by atoms with van der Waals surface area (Å²) in [7, 11) is -3.79. The number of hydrogen-bond donors (Lipinski definition) is 2. The number of nitrogens with one attached hydrogen (secondary N) is 2. The molecule has 0 atom stereocenters. The van der Waals surface area contributed by atoms with E-state index in [1.807, 2.05) is 0 Å². The van der Waals surface area contributed by atoms with Crippen LogP contribution in [0.25, 0.3) is 0 Å². The number of halogens is 2. The maximum atomic E-state index is 12.1. The zero-order valence-corrected chi connectivity index (χ0v) is 14.3. The van der Waals surface area contributed by atoms with Crippen LogP contribution in [0.2, 0.25) is 10.0 Å². The molecule has 0 unspecified atom stereocenters. The maximum Gasteiger partial charge on any atom is 0.241 e. The average Bonchev–Trinajstić information content (AvgIpc) is 2.49.